The van der Waals surface area contributed by atoms with Crippen molar-refractivity contribution in [1.29, 1.82) is 0 Å². The molecule has 242 valence electrons. The van der Waals surface area contributed by atoms with Gasteiger partial charge in [0.25, 0.3) is 7.82 Å². The zero-order valence-corrected chi connectivity index (χ0v) is 27.9. The number of aliphatic hydroxyl groups excluding tert-OH is 1. The lowest BCUT2D eigenvalue weighted by atomic mass is 10.1. The second kappa shape index (κ2) is 25.5. The predicted octanol–water partition coefficient (Wildman–Crippen LogP) is 6.82. The van der Waals surface area contributed by atoms with Crippen LogP contribution in [0.1, 0.15) is 123 Å². The first-order valence-corrected chi connectivity index (χ1v) is 17.7. The molecule has 9 heteroatoms. The number of unbranched alkanes of at least 4 members (excludes halogenated alkanes) is 13. The maximum absolute atomic E-state index is 12.6. The number of phosphoric acid groups is 1. The molecule has 0 aromatic carbocycles. The van der Waals surface area contributed by atoms with Crippen molar-refractivity contribution in [3.8, 4) is 0 Å². The summed E-state index contributed by atoms with van der Waals surface area (Å²) in [5.74, 6) is -0.219. The van der Waals surface area contributed by atoms with Crippen LogP contribution in [0.25, 0.3) is 0 Å². The molecule has 0 aliphatic rings. The van der Waals surface area contributed by atoms with E-state index in [9.17, 15) is 19.4 Å². The van der Waals surface area contributed by atoms with E-state index in [2.05, 4.69) is 31.3 Å². The number of hydrogen-bond acceptors (Lipinski definition) is 6. The minimum absolute atomic E-state index is 0.00556. The van der Waals surface area contributed by atoms with Crippen molar-refractivity contribution in [3.05, 3.63) is 24.3 Å². The lowest BCUT2D eigenvalue weighted by Gasteiger charge is -2.29. The number of likely N-dealkylation sites (N-methyl/N-ethyl adjacent to an activating group) is 1. The third-order valence-electron chi connectivity index (χ3n) is 6.91. The van der Waals surface area contributed by atoms with Crippen LogP contribution in [-0.2, 0) is 18.4 Å². The minimum Gasteiger partial charge on any atom is -0.756 e. The van der Waals surface area contributed by atoms with E-state index in [1.54, 1.807) is 6.08 Å². The van der Waals surface area contributed by atoms with Gasteiger partial charge in [0, 0.05) is 6.42 Å². The molecule has 0 aromatic heterocycles. The Kier molecular flexibility index (Phi) is 24.8. The summed E-state index contributed by atoms with van der Waals surface area (Å²) in [7, 11) is 1.24. The molecule has 0 radical (unpaired) electrons. The quantitative estimate of drug-likeness (QED) is 0.0440. The van der Waals surface area contributed by atoms with Crippen LogP contribution in [0.15, 0.2) is 24.3 Å². The third-order valence-corrected chi connectivity index (χ3v) is 7.88. The van der Waals surface area contributed by atoms with E-state index in [1.165, 1.54) is 64.2 Å². The van der Waals surface area contributed by atoms with Crippen molar-refractivity contribution in [2.24, 2.45) is 0 Å². The highest BCUT2D eigenvalue weighted by Crippen LogP contribution is 2.38. The smallest absolute Gasteiger partial charge is 0.268 e. The Labute approximate surface area is 252 Å². The number of phosphoric ester groups is 1. The van der Waals surface area contributed by atoms with Gasteiger partial charge in [-0.05, 0) is 32.1 Å². The number of quaternary nitrogens is 1. The Bertz CT molecular complexity index is 738. The number of nitrogens with zero attached hydrogens (tertiary/aromatic N) is 1. The molecule has 0 bridgehead atoms. The van der Waals surface area contributed by atoms with Crippen LogP contribution in [0.4, 0.5) is 0 Å². The number of carbonyl (C=O) groups excluding carboxylic acids is 1. The zero-order chi connectivity index (χ0) is 30.8. The lowest BCUT2D eigenvalue weighted by Crippen LogP contribution is -2.45. The van der Waals surface area contributed by atoms with E-state index in [0.717, 1.165) is 38.5 Å². The van der Waals surface area contributed by atoms with Gasteiger partial charge in [0.1, 0.15) is 13.2 Å². The number of nitrogens with one attached hydrogen (secondary N) is 1. The van der Waals surface area contributed by atoms with Gasteiger partial charge in [0.05, 0.1) is 39.9 Å². The molecule has 0 saturated heterocycles. The summed E-state index contributed by atoms with van der Waals surface area (Å²) in [6.45, 7) is 4.51. The van der Waals surface area contributed by atoms with Gasteiger partial charge in [-0.1, -0.05) is 109 Å². The molecule has 41 heavy (non-hydrogen) atoms. The Hall–Kier alpha value is -1.02. The SMILES string of the molecule is CCCCCCCC/C=C/CC/C=C/[C@@H](O)[C@H](COP(=O)([O-])OCC[N+](C)(C)C)NC(=O)CCCCCCCCC. The van der Waals surface area contributed by atoms with Crippen LogP contribution in [0.2, 0.25) is 0 Å². The van der Waals surface area contributed by atoms with Gasteiger partial charge < -0.3 is 28.8 Å². The molecule has 0 aliphatic heterocycles. The number of allylic oxidation sites excluding steroid dienone is 3. The Morgan fingerprint density at radius 3 is 1.98 bits per heavy atom. The van der Waals surface area contributed by atoms with E-state index < -0.39 is 26.6 Å². The molecular weight excluding hydrogens is 539 g/mol. The summed E-state index contributed by atoms with van der Waals surface area (Å²) in [4.78, 5) is 24.9. The van der Waals surface area contributed by atoms with Gasteiger partial charge in [-0.2, -0.15) is 0 Å². The zero-order valence-electron chi connectivity index (χ0n) is 27.0. The summed E-state index contributed by atoms with van der Waals surface area (Å²) in [5.41, 5.74) is 0. The third kappa shape index (κ3) is 27.6. The largest absolute Gasteiger partial charge is 0.756 e. The number of rotatable bonds is 28. The highest BCUT2D eigenvalue weighted by molar-refractivity contribution is 7.45. The van der Waals surface area contributed by atoms with Crippen LogP contribution >= 0.6 is 7.82 Å². The Balaban J connectivity index is 4.71. The molecule has 0 heterocycles. The molecule has 1 unspecified atom stereocenters. The Morgan fingerprint density at radius 2 is 1.37 bits per heavy atom. The number of aliphatic hydroxyl groups is 1. The fourth-order valence-electron chi connectivity index (χ4n) is 4.22. The van der Waals surface area contributed by atoms with Crippen molar-refractivity contribution < 1.29 is 32.9 Å². The summed E-state index contributed by atoms with van der Waals surface area (Å²) < 4.78 is 22.9. The van der Waals surface area contributed by atoms with Gasteiger partial charge in [0.2, 0.25) is 5.91 Å². The number of amides is 1. The molecule has 1 amide bonds. The average Bonchev–Trinajstić information content (AvgIpc) is 2.90. The first-order chi connectivity index (χ1) is 19.5. The van der Waals surface area contributed by atoms with E-state index in [0.29, 0.717) is 17.4 Å². The van der Waals surface area contributed by atoms with Crippen LogP contribution < -0.4 is 10.2 Å². The molecule has 0 fully saturated rings. The fraction of sp³-hybridized carbons (Fsp3) is 0.844. The van der Waals surface area contributed by atoms with Crippen LogP contribution in [0.3, 0.4) is 0 Å². The van der Waals surface area contributed by atoms with Crippen LogP contribution in [-0.4, -0.2) is 68.5 Å². The molecular formula is C32H63N2O6P. The van der Waals surface area contributed by atoms with E-state index in [4.69, 9.17) is 9.05 Å². The summed E-state index contributed by atoms with van der Waals surface area (Å²) in [5, 5.41) is 13.5. The van der Waals surface area contributed by atoms with Crippen molar-refractivity contribution in [3.63, 3.8) is 0 Å². The minimum atomic E-state index is -4.57. The number of carbonyl (C=O) groups is 1. The first kappa shape index (κ1) is 40.0. The molecule has 0 saturated carbocycles. The van der Waals surface area contributed by atoms with Crippen LogP contribution in [0, 0.1) is 0 Å². The lowest BCUT2D eigenvalue weighted by molar-refractivity contribution is -0.870. The second-order valence-corrected chi connectivity index (χ2v) is 13.6. The average molecular weight is 603 g/mol. The normalized spacial score (nSPS) is 15.4. The maximum atomic E-state index is 12.6. The highest BCUT2D eigenvalue weighted by atomic mass is 31.2. The van der Waals surface area contributed by atoms with Gasteiger partial charge in [-0.3, -0.25) is 9.36 Å². The summed E-state index contributed by atoms with van der Waals surface area (Å²) in [6, 6.07) is -0.893. The first-order valence-electron chi connectivity index (χ1n) is 16.2. The van der Waals surface area contributed by atoms with Crippen molar-refractivity contribution >= 4 is 13.7 Å². The highest BCUT2D eigenvalue weighted by Gasteiger charge is 2.23. The van der Waals surface area contributed by atoms with Gasteiger partial charge in [0.15, 0.2) is 0 Å². The monoisotopic (exact) mass is 602 g/mol. The van der Waals surface area contributed by atoms with Crippen molar-refractivity contribution in [1.82, 2.24) is 5.32 Å². The molecule has 3 atom stereocenters. The van der Waals surface area contributed by atoms with Crippen LogP contribution in [0.5, 0.6) is 0 Å². The molecule has 2 N–H and O–H groups in total. The number of hydrogen-bond donors (Lipinski definition) is 2. The summed E-state index contributed by atoms with van der Waals surface area (Å²) >= 11 is 0. The molecule has 0 aromatic rings. The summed E-state index contributed by atoms with van der Waals surface area (Å²) in [6.07, 6.45) is 25.2. The van der Waals surface area contributed by atoms with Crippen molar-refractivity contribution in [2.75, 3.05) is 40.9 Å². The van der Waals surface area contributed by atoms with Gasteiger partial charge in [-0.25, -0.2) is 0 Å². The molecule has 0 rings (SSSR count). The Morgan fingerprint density at radius 1 is 0.829 bits per heavy atom. The van der Waals surface area contributed by atoms with E-state index in [1.807, 2.05) is 27.2 Å². The van der Waals surface area contributed by atoms with Gasteiger partial charge in [-0.15, -0.1) is 0 Å². The second-order valence-electron chi connectivity index (χ2n) is 12.2. The van der Waals surface area contributed by atoms with Gasteiger partial charge >= 0.3 is 0 Å². The van der Waals surface area contributed by atoms with Crippen molar-refractivity contribution in [2.45, 2.75) is 135 Å². The predicted molar refractivity (Wildman–Crippen MR) is 168 cm³/mol. The topological polar surface area (TPSA) is 108 Å². The van der Waals surface area contributed by atoms with E-state index in [-0.39, 0.29) is 12.5 Å². The molecule has 0 spiro atoms. The molecule has 0 aliphatic carbocycles. The molecule has 8 nitrogen and oxygen atoms in total. The fourth-order valence-corrected chi connectivity index (χ4v) is 4.95. The maximum Gasteiger partial charge on any atom is 0.268 e. The standard InChI is InChI=1S/C32H63N2O6P/c1-6-8-10-12-14-15-16-17-18-20-21-23-25-31(35)30(29-40-41(37,38)39-28-27-34(3,4)5)33-32(36)26-24-22-19-13-11-9-7-2/h17-18,23,25,30-31,35H,6-16,19-22,24,26-29H2,1-5H3,(H-,33,36,37,38)/b18-17+,25-23+/t30-,31+/m0/s1. The van der Waals surface area contributed by atoms with E-state index >= 15 is 0 Å².